The molecule has 0 aromatic rings. The van der Waals surface area contributed by atoms with Gasteiger partial charge >= 0.3 is 0 Å². The summed E-state index contributed by atoms with van der Waals surface area (Å²) in [6.07, 6.45) is 4.64. The Hall–Kier alpha value is 0.665. The van der Waals surface area contributed by atoms with Gasteiger partial charge in [-0.1, -0.05) is 0 Å². The van der Waals surface area contributed by atoms with Crippen LogP contribution in [0.1, 0.15) is 25.7 Å². The third-order valence-corrected chi connectivity index (χ3v) is 0.894. The molecule has 0 aliphatic heterocycles. The Balaban J connectivity index is 0. The van der Waals surface area contributed by atoms with Gasteiger partial charge in [-0.05, 0) is 12.8 Å². The van der Waals surface area contributed by atoms with Gasteiger partial charge in [0.25, 0.3) is 0 Å². The van der Waals surface area contributed by atoms with E-state index in [1.807, 2.05) is 0 Å². The van der Waals surface area contributed by atoms with Crippen molar-refractivity contribution in [1.82, 2.24) is 0 Å². The first-order chi connectivity index (χ1) is 3.91. The molecule has 0 aromatic heterocycles. The second-order valence-corrected chi connectivity index (χ2v) is 1.62. The van der Waals surface area contributed by atoms with Crippen LogP contribution in [-0.4, -0.2) is 12.6 Å². The number of hydrogen-bond donors (Lipinski definition) is 0. The molecule has 2 nitrogen and oxygen atoms in total. The first-order valence-corrected chi connectivity index (χ1v) is 2.79. The molecule has 0 unspecified atom stereocenters. The fourth-order valence-corrected chi connectivity index (χ4v) is 0.455. The van der Waals surface area contributed by atoms with E-state index in [1.54, 1.807) is 0 Å². The first kappa shape index (κ1) is 12.4. The minimum Gasteiger partial charge on any atom is -0.303 e. The van der Waals surface area contributed by atoms with Crippen LogP contribution in [-0.2, 0) is 9.59 Å². The fraction of sp³-hybridized carbons (Fsp3) is 0.667. The van der Waals surface area contributed by atoms with Gasteiger partial charge in [0.1, 0.15) is 12.6 Å². The van der Waals surface area contributed by atoms with Crippen molar-refractivity contribution in [1.29, 1.82) is 0 Å². The van der Waals surface area contributed by atoms with Gasteiger partial charge < -0.3 is 9.59 Å². The van der Waals surface area contributed by atoms with Crippen molar-refractivity contribution < 1.29 is 49.5 Å². The van der Waals surface area contributed by atoms with Crippen molar-refractivity contribution in [3.05, 3.63) is 0 Å². The third kappa shape index (κ3) is 12.0. The third-order valence-electron chi connectivity index (χ3n) is 0.894. The van der Waals surface area contributed by atoms with Gasteiger partial charge in [0.15, 0.2) is 0 Å². The van der Waals surface area contributed by atoms with Crippen molar-refractivity contribution in [2.24, 2.45) is 0 Å². The summed E-state index contributed by atoms with van der Waals surface area (Å²) in [6.45, 7) is 0. The second-order valence-electron chi connectivity index (χ2n) is 1.62. The average Bonchev–Trinajstić information content (AvgIpc) is 1.81. The minimum atomic E-state index is 0. The molecule has 0 radical (unpaired) electrons. The van der Waals surface area contributed by atoms with Crippen molar-refractivity contribution in [2.45, 2.75) is 25.7 Å². The smallest absolute Gasteiger partial charge is 0.119 e. The van der Waals surface area contributed by atoms with Gasteiger partial charge in [-0.15, -0.1) is 0 Å². The van der Waals surface area contributed by atoms with Crippen LogP contribution in [0.2, 0.25) is 0 Å². The molecule has 0 bridgehead atoms. The van der Waals surface area contributed by atoms with Crippen molar-refractivity contribution >= 4 is 12.6 Å². The normalized spacial score (nSPS) is 7.56. The predicted octanol–water partition coefficient (Wildman–Crippen LogP) is 0.945. The van der Waals surface area contributed by atoms with E-state index in [0.29, 0.717) is 12.8 Å². The first-order valence-electron chi connectivity index (χ1n) is 2.79. The number of hydrogen-bond acceptors (Lipinski definition) is 2. The van der Waals surface area contributed by atoms with Gasteiger partial charge in [-0.2, -0.15) is 0 Å². The minimum absolute atomic E-state index is 0. The van der Waals surface area contributed by atoms with Crippen LogP contribution in [0.3, 0.4) is 0 Å². The Morgan fingerprint density at radius 1 is 0.889 bits per heavy atom. The Morgan fingerprint density at radius 2 is 1.22 bits per heavy atom. The van der Waals surface area contributed by atoms with Gasteiger partial charge in [0.2, 0.25) is 0 Å². The molecule has 9 heavy (non-hydrogen) atoms. The summed E-state index contributed by atoms with van der Waals surface area (Å²) in [4.78, 5) is 19.4. The van der Waals surface area contributed by atoms with E-state index in [9.17, 15) is 9.59 Å². The van der Waals surface area contributed by atoms with E-state index in [-0.39, 0.29) is 39.9 Å². The maximum Gasteiger partial charge on any atom is 0.119 e. The SMILES string of the molecule is O=CCCCCC=O.[Gd]. The summed E-state index contributed by atoms with van der Waals surface area (Å²) < 4.78 is 0. The van der Waals surface area contributed by atoms with Crippen LogP contribution in [0.4, 0.5) is 0 Å². The van der Waals surface area contributed by atoms with E-state index in [1.165, 1.54) is 0 Å². The number of carbonyl (C=O) groups is 2. The van der Waals surface area contributed by atoms with E-state index in [4.69, 9.17) is 0 Å². The van der Waals surface area contributed by atoms with E-state index in [0.717, 1.165) is 25.4 Å². The number of rotatable bonds is 5. The number of carbonyl (C=O) groups excluding carboxylic acids is 2. The largest absolute Gasteiger partial charge is 0.303 e. The molecule has 0 spiro atoms. The van der Waals surface area contributed by atoms with E-state index in [2.05, 4.69) is 0 Å². The Bertz CT molecular complexity index is 63.5. The Kier molecular flexibility index (Phi) is 15.7. The molecule has 54 valence electrons. The molecule has 0 saturated carbocycles. The maximum atomic E-state index is 9.68. The summed E-state index contributed by atoms with van der Waals surface area (Å²) >= 11 is 0. The molecular weight excluding hydrogens is 261 g/mol. The van der Waals surface area contributed by atoms with Crippen molar-refractivity contribution in [3.8, 4) is 0 Å². The standard InChI is InChI=1S/C6H10O2.Gd/c7-5-3-1-2-4-6-8;/h5-6H,1-4H2;. The molecule has 0 aliphatic rings. The topological polar surface area (TPSA) is 34.1 Å². The summed E-state index contributed by atoms with van der Waals surface area (Å²) in [5, 5.41) is 0. The van der Waals surface area contributed by atoms with Crippen LogP contribution in [0.15, 0.2) is 0 Å². The monoisotopic (exact) mass is 272 g/mol. The molecule has 0 rings (SSSR count). The van der Waals surface area contributed by atoms with Crippen LogP contribution < -0.4 is 0 Å². The molecule has 0 heterocycles. The maximum absolute atomic E-state index is 9.68. The molecular formula is C6H10GdO2. The van der Waals surface area contributed by atoms with Gasteiger partial charge in [0, 0.05) is 52.8 Å². The summed E-state index contributed by atoms with van der Waals surface area (Å²) in [5.74, 6) is 0. The van der Waals surface area contributed by atoms with Crippen LogP contribution in [0, 0.1) is 39.9 Å². The van der Waals surface area contributed by atoms with Crippen LogP contribution >= 0.6 is 0 Å². The number of unbranched alkanes of at least 4 members (excludes halogenated alkanes) is 3. The van der Waals surface area contributed by atoms with E-state index < -0.39 is 0 Å². The zero-order chi connectivity index (χ0) is 6.24. The Labute approximate surface area is 87.1 Å². The van der Waals surface area contributed by atoms with Crippen LogP contribution in [0.5, 0.6) is 0 Å². The summed E-state index contributed by atoms with van der Waals surface area (Å²) in [5.41, 5.74) is 0. The molecule has 0 N–H and O–H groups in total. The molecule has 0 fully saturated rings. The fourth-order valence-electron chi connectivity index (χ4n) is 0.455. The van der Waals surface area contributed by atoms with Crippen molar-refractivity contribution in [2.75, 3.05) is 0 Å². The zero-order valence-electron chi connectivity index (χ0n) is 5.15. The van der Waals surface area contributed by atoms with Gasteiger partial charge in [-0.25, -0.2) is 0 Å². The average molecular weight is 271 g/mol. The van der Waals surface area contributed by atoms with Crippen LogP contribution in [0.25, 0.3) is 0 Å². The number of aldehydes is 2. The van der Waals surface area contributed by atoms with E-state index >= 15 is 0 Å². The molecule has 3 heteroatoms. The molecule has 0 saturated heterocycles. The molecule has 0 aromatic carbocycles. The molecule has 0 aliphatic carbocycles. The quantitative estimate of drug-likeness (QED) is 0.551. The molecule has 0 atom stereocenters. The predicted molar refractivity (Wildman–Crippen MR) is 30.6 cm³/mol. The van der Waals surface area contributed by atoms with Crippen molar-refractivity contribution in [3.63, 3.8) is 0 Å². The van der Waals surface area contributed by atoms with Gasteiger partial charge in [0.05, 0.1) is 0 Å². The Morgan fingerprint density at radius 3 is 1.44 bits per heavy atom. The molecule has 0 amide bonds. The second kappa shape index (κ2) is 11.5. The summed E-state index contributed by atoms with van der Waals surface area (Å²) in [7, 11) is 0. The van der Waals surface area contributed by atoms with Gasteiger partial charge in [-0.3, -0.25) is 0 Å². The summed E-state index contributed by atoms with van der Waals surface area (Å²) in [6, 6.07) is 0. The zero-order valence-corrected chi connectivity index (χ0v) is 7.42.